The summed E-state index contributed by atoms with van der Waals surface area (Å²) in [6.07, 6.45) is 5.92. The second-order valence-electron chi connectivity index (χ2n) is 7.11. The van der Waals surface area contributed by atoms with Gasteiger partial charge in [-0.25, -0.2) is 0 Å². The van der Waals surface area contributed by atoms with E-state index in [1.165, 1.54) is 12.3 Å². The van der Waals surface area contributed by atoms with Crippen molar-refractivity contribution >= 4 is 28.2 Å². The normalized spacial score (nSPS) is 16.4. The quantitative estimate of drug-likeness (QED) is 0.626. The zero-order valence-corrected chi connectivity index (χ0v) is 16.8. The third-order valence-electron chi connectivity index (χ3n) is 5.06. The minimum Gasteiger partial charge on any atom is -0.593 e. The van der Waals surface area contributed by atoms with Crippen LogP contribution in [0.25, 0.3) is 10.9 Å². The summed E-state index contributed by atoms with van der Waals surface area (Å²) < 4.78 is 20.3. The number of carbonyl (C=O) groups excluding carboxylic acids is 1. The highest BCUT2D eigenvalue weighted by molar-refractivity contribution is 7.89. The third-order valence-corrected chi connectivity index (χ3v) is 6.55. The molecule has 1 saturated heterocycles. The lowest BCUT2D eigenvalue weighted by molar-refractivity contribution is 0.0949. The number of benzene rings is 1. The highest BCUT2D eigenvalue weighted by Crippen LogP contribution is 2.24. The van der Waals surface area contributed by atoms with E-state index >= 15 is 0 Å². The molecular weight excluding hydrogens is 390 g/mol. The van der Waals surface area contributed by atoms with E-state index in [4.69, 9.17) is 4.42 Å². The molecule has 1 aliphatic rings. The number of carbonyl (C=O) groups is 1. The van der Waals surface area contributed by atoms with Gasteiger partial charge in [0, 0.05) is 36.1 Å². The van der Waals surface area contributed by atoms with E-state index in [0.717, 1.165) is 38.8 Å². The molecule has 0 radical (unpaired) electrons. The lowest BCUT2D eigenvalue weighted by atomic mass is 10.1. The Morgan fingerprint density at radius 3 is 2.69 bits per heavy atom. The van der Waals surface area contributed by atoms with Crippen LogP contribution in [0.4, 0.5) is 0 Å². The lowest BCUT2D eigenvalue weighted by Crippen LogP contribution is -2.32. The molecule has 3 aromatic rings. The molecule has 1 aliphatic heterocycles. The van der Waals surface area contributed by atoms with Crippen molar-refractivity contribution in [1.29, 1.82) is 0 Å². The Labute approximate surface area is 171 Å². The van der Waals surface area contributed by atoms with Crippen LogP contribution in [0.3, 0.4) is 0 Å². The zero-order chi connectivity index (χ0) is 20.2. The number of nitrogens with one attached hydrogen (secondary N) is 2. The minimum absolute atomic E-state index is 0.222. The van der Waals surface area contributed by atoms with Crippen LogP contribution in [0.15, 0.2) is 56.8 Å². The number of nitrogens with zero attached hydrogens (tertiary/aromatic N) is 1. The molecule has 1 unspecified atom stereocenters. The largest absolute Gasteiger partial charge is 0.593 e. The van der Waals surface area contributed by atoms with Gasteiger partial charge in [0.05, 0.1) is 29.7 Å². The number of fused-ring (bicyclic) bond motifs is 1. The minimum atomic E-state index is -1.30. The summed E-state index contributed by atoms with van der Waals surface area (Å²) in [5.74, 6) is 0.241. The molecule has 0 bridgehead atoms. The van der Waals surface area contributed by atoms with Gasteiger partial charge in [0.2, 0.25) is 5.56 Å². The Balaban J connectivity index is 1.63. The maximum absolute atomic E-state index is 13.1. The predicted octanol–water partition coefficient (Wildman–Crippen LogP) is 2.95. The molecule has 1 atom stereocenters. The van der Waals surface area contributed by atoms with E-state index in [-0.39, 0.29) is 23.6 Å². The van der Waals surface area contributed by atoms with Gasteiger partial charge in [-0.2, -0.15) is 0 Å². The molecule has 0 spiro atoms. The van der Waals surface area contributed by atoms with Gasteiger partial charge in [0.25, 0.3) is 5.91 Å². The summed E-state index contributed by atoms with van der Waals surface area (Å²) in [6.45, 7) is 1.82. The van der Waals surface area contributed by atoms with Crippen LogP contribution in [-0.4, -0.2) is 32.8 Å². The summed E-state index contributed by atoms with van der Waals surface area (Å²) in [4.78, 5) is 28.1. The van der Waals surface area contributed by atoms with Crippen molar-refractivity contribution in [3.8, 4) is 0 Å². The number of hydrogen-bond donors (Lipinski definition) is 2. The molecule has 8 heteroatoms. The third kappa shape index (κ3) is 4.55. The number of furan rings is 1. The molecule has 1 amide bonds. The van der Waals surface area contributed by atoms with Crippen LogP contribution in [0, 0.1) is 0 Å². The number of hydrogen-bond acceptors (Lipinski definition) is 5. The van der Waals surface area contributed by atoms with Gasteiger partial charge in [-0.3, -0.25) is 9.59 Å². The van der Waals surface area contributed by atoms with Crippen molar-refractivity contribution in [1.82, 2.24) is 14.6 Å². The summed E-state index contributed by atoms with van der Waals surface area (Å²) in [5.41, 5.74) is 0.435. The number of pyridine rings is 1. The number of rotatable bonds is 5. The molecule has 0 saturated carbocycles. The SMILES string of the molecule is O=C(NCc1ccco1)c1cc(=O)[nH]c2ccc([S+]([O-])N3CCCCCC3)cc12. The highest BCUT2D eigenvalue weighted by atomic mass is 32.2. The molecule has 3 heterocycles. The molecule has 7 nitrogen and oxygen atoms in total. The fraction of sp³-hybridized carbons (Fsp3) is 0.333. The first-order valence-corrected chi connectivity index (χ1v) is 10.9. The number of H-pyrrole nitrogens is 1. The van der Waals surface area contributed by atoms with Crippen LogP contribution in [0.1, 0.15) is 41.8 Å². The van der Waals surface area contributed by atoms with Gasteiger partial charge in [-0.1, -0.05) is 12.8 Å². The molecule has 4 rings (SSSR count). The smallest absolute Gasteiger partial charge is 0.252 e. The molecular formula is C21H23N3O4S. The van der Waals surface area contributed by atoms with Gasteiger partial charge < -0.3 is 19.3 Å². The van der Waals surface area contributed by atoms with Crippen molar-refractivity contribution in [3.05, 3.63) is 64.3 Å². The highest BCUT2D eigenvalue weighted by Gasteiger charge is 2.24. The van der Waals surface area contributed by atoms with Crippen molar-refractivity contribution in [2.24, 2.45) is 0 Å². The average Bonchev–Trinajstić information content (AvgIpc) is 3.11. The zero-order valence-electron chi connectivity index (χ0n) is 16.0. The van der Waals surface area contributed by atoms with Crippen molar-refractivity contribution < 1.29 is 13.8 Å². The standard InChI is InChI=1S/C21H23N3O4S/c25-20-13-18(21(26)22-14-15-6-5-11-28-15)17-12-16(7-8-19(17)23-20)29(27)24-9-3-1-2-4-10-24/h5-8,11-13H,1-4,9-10,14H2,(H,22,26)(H,23,25). The predicted molar refractivity (Wildman–Crippen MR) is 111 cm³/mol. The van der Waals surface area contributed by atoms with Gasteiger partial charge >= 0.3 is 0 Å². The van der Waals surface area contributed by atoms with E-state index in [1.54, 1.807) is 30.3 Å². The van der Waals surface area contributed by atoms with Gasteiger partial charge in [0.1, 0.15) is 5.76 Å². The molecule has 2 aromatic heterocycles. The van der Waals surface area contributed by atoms with Crippen LogP contribution in [-0.2, 0) is 17.9 Å². The maximum Gasteiger partial charge on any atom is 0.252 e. The Morgan fingerprint density at radius 2 is 1.97 bits per heavy atom. The first kappa shape index (κ1) is 19.8. The number of amides is 1. The lowest BCUT2D eigenvalue weighted by Gasteiger charge is -2.22. The Bertz CT molecular complexity index is 1040. The van der Waals surface area contributed by atoms with E-state index in [2.05, 4.69) is 10.3 Å². The van der Waals surface area contributed by atoms with Gasteiger partial charge in [0.15, 0.2) is 4.90 Å². The van der Waals surface area contributed by atoms with Crippen molar-refractivity contribution in [2.45, 2.75) is 37.1 Å². The molecule has 29 heavy (non-hydrogen) atoms. The monoisotopic (exact) mass is 413 g/mol. The molecule has 1 aromatic carbocycles. The van der Waals surface area contributed by atoms with Crippen molar-refractivity contribution in [3.63, 3.8) is 0 Å². The van der Waals surface area contributed by atoms with Crippen LogP contribution >= 0.6 is 0 Å². The Kier molecular flexibility index (Phi) is 6.03. The molecule has 2 N–H and O–H groups in total. The fourth-order valence-electron chi connectivity index (χ4n) is 3.56. The number of aromatic amines is 1. The van der Waals surface area contributed by atoms with E-state index in [1.807, 2.05) is 4.31 Å². The Morgan fingerprint density at radius 1 is 1.17 bits per heavy atom. The average molecular weight is 413 g/mol. The van der Waals surface area contributed by atoms with Gasteiger partial charge in [-0.15, -0.1) is 4.31 Å². The number of aromatic nitrogens is 1. The maximum atomic E-state index is 13.1. The summed E-state index contributed by atoms with van der Waals surface area (Å²) in [7, 11) is 0. The van der Waals surface area contributed by atoms with E-state index < -0.39 is 11.4 Å². The first-order valence-electron chi connectivity index (χ1n) is 9.76. The van der Waals surface area contributed by atoms with Crippen molar-refractivity contribution in [2.75, 3.05) is 13.1 Å². The fourth-order valence-corrected chi connectivity index (χ4v) is 4.85. The second kappa shape index (κ2) is 8.86. The topological polar surface area (TPSA) is 101 Å². The second-order valence-corrected chi connectivity index (χ2v) is 8.60. The molecule has 0 aliphatic carbocycles. The van der Waals surface area contributed by atoms with Crippen LogP contribution in [0.5, 0.6) is 0 Å². The van der Waals surface area contributed by atoms with Crippen LogP contribution < -0.4 is 10.9 Å². The van der Waals surface area contributed by atoms with E-state index in [9.17, 15) is 14.1 Å². The molecule has 152 valence electrons. The first-order chi connectivity index (χ1) is 14.1. The van der Waals surface area contributed by atoms with Crippen LogP contribution in [0.2, 0.25) is 0 Å². The summed E-state index contributed by atoms with van der Waals surface area (Å²) >= 11 is -1.30. The van der Waals surface area contributed by atoms with E-state index in [0.29, 0.717) is 21.6 Å². The Hall–Kier alpha value is -2.55. The molecule has 1 fully saturated rings. The summed E-state index contributed by atoms with van der Waals surface area (Å²) in [5, 5.41) is 3.34. The van der Waals surface area contributed by atoms with Gasteiger partial charge in [-0.05, 0) is 37.1 Å². The summed E-state index contributed by atoms with van der Waals surface area (Å²) in [6, 6.07) is 9.99.